The minimum absolute atomic E-state index is 0.0435. The molecule has 0 aromatic heterocycles. The number of nitro benzene ring substituents is 1. The van der Waals surface area contributed by atoms with Gasteiger partial charge in [0.15, 0.2) is 0 Å². The van der Waals surface area contributed by atoms with E-state index in [0.29, 0.717) is 18.8 Å². The average Bonchev–Trinajstić information content (AvgIpc) is 2.78. The molecule has 1 N–H and O–H groups in total. The highest BCUT2D eigenvalue weighted by atomic mass is 32.2. The van der Waals surface area contributed by atoms with Gasteiger partial charge in [0.2, 0.25) is 11.8 Å². The van der Waals surface area contributed by atoms with Crippen LogP contribution in [0.1, 0.15) is 43.4 Å². The monoisotopic (exact) mass is 457 g/mol. The Labute approximate surface area is 193 Å². The third-order valence-electron chi connectivity index (χ3n) is 5.11. The largest absolute Gasteiger partial charge is 0.354 e. The number of rotatable bonds is 12. The predicted molar refractivity (Wildman–Crippen MR) is 128 cm³/mol. The Balaban J connectivity index is 2.02. The van der Waals surface area contributed by atoms with Crippen LogP contribution in [0.15, 0.2) is 48.5 Å². The zero-order valence-corrected chi connectivity index (χ0v) is 19.7. The molecule has 0 unspecified atom stereocenters. The fourth-order valence-corrected chi connectivity index (χ4v) is 3.93. The van der Waals surface area contributed by atoms with E-state index in [4.69, 9.17) is 0 Å². The maximum Gasteiger partial charge on any atom is 0.269 e. The van der Waals surface area contributed by atoms with Crippen molar-refractivity contribution < 1.29 is 14.5 Å². The molecule has 2 rings (SSSR count). The van der Waals surface area contributed by atoms with E-state index in [9.17, 15) is 19.7 Å². The molecule has 2 aromatic carbocycles. The van der Waals surface area contributed by atoms with Crippen LogP contribution in [-0.4, -0.2) is 40.0 Å². The molecular formula is C24H31N3O4S. The van der Waals surface area contributed by atoms with Gasteiger partial charge in [-0.15, -0.1) is 11.8 Å². The lowest BCUT2D eigenvalue weighted by Crippen LogP contribution is -2.48. The molecule has 2 amide bonds. The Bertz CT molecular complexity index is 900. The van der Waals surface area contributed by atoms with Gasteiger partial charge in [-0.05, 0) is 31.4 Å². The molecule has 0 aliphatic heterocycles. The van der Waals surface area contributed by atoms with Crippen LogP contribution in [-0.2, 0) is 21.9 Å². The van der Waals surface area contributed by atoms with Gasteiger partial charge in [0.1, 0.15) is 6.04 Å². The molecular weight excluding hydrogens is 426 g/mol. The molecule has 0 aliphatic carbocycles. The molecule has 0 aliphatic rings. The van der Waals surface area contributed by atoms with Gasteiger partial charge < -0.3 is 10.2 Å². The lowest BCUT2D eigenvalue weighted by Gasteiger charge is -2.29. The van der Waals surface area contributed by atoms with E-state index in [1.807, 2.05) is 31.2 Å². The number of carbonyl (C=O) groups excluding carboxylic acids is 2. The summed E-state index contributed by atoms with van der Waals surface area (Å²) in [6, 6.07) is 13.7. The first-order chi connectivity index (χ1) is 15.3. The summed E-state index contributed by atoms with van der Waals surface area (Å²) in [7, 11) is 0. The molecule has 0 saturated carbocycles. The maximum atomic E-state index is 13.1. The second-order valence-corrected chi connectivity index (χ2v) is 8.73. The van der Waals surface area contributed by atoms with Crippen molar-refractivity contribution in [3.8, 4) is 0 Å². The van der Waals surface area contributed by atoms with Gasteiger partial charge >= 0.3 is 0 Å². The van der Waals surface area contributed by atoms with Gasteiger partial charge in [-0.3, -0.25) is 19.7 Å². The third kappa shape index (κ3) is 8.00. The number of carbonyl (C=O) groups is 2. The van der Waals surface area contributed by atoms with Gasteiger partial charge in [0.25, 0.3) is 5.69 Å². The van der Waals surface area contributed by atoms with Crippen LogP contribution in [0.5, 0.6) is 0 Å². The molecule has 2 aromatic rings. The molecule has 0 bridgehead atoms. The minimum atomic E-state index is -0.583. The van der Waals surface area contributed by atoms with Crippen molar-refractivity contribution in [2.45, 2.75) is 52.0 Å². The second kappa shape index (κ2) is 12.9. The lowest BCUT2D eigenvalue weighted by molar-refractivity contribution is -0.384. The normalized spacial score (nSPS) is 11.6. The van der Waals surface area contributed by atoms with Gasteiger partial charge in [0.05, 0.1) is 10.7 Å². The van der Waals surface area contributed by atoms with E-state index in [1.54, 1.807) is 24.0 Å². The third-order valence-corrected chi connectivity index (χ3v) is 6.10. The van der Waals surface area contributed by atoms with Crippen molar-refractivity contribution in [3.63, 3.8) is 0 Å². The number of hydrogen-bond acceptors (Lipinski definition) is 5. The van der Waals surface area contributed by atoms with Crippen molar-refractivity contribution in [2.75, 3.05) is 12.3 Å². The van der Waals surface area contributed by atoms with Crippen LogP contribution in [0.4, 0.5) is 5.69 Å². The molecule has 172 valence electrons. The lowest BCUT2D eigenvalue weighted by atomic mass is 10.1. The van der Waals surface area contributed by atoms with Gasteiger partial charge in [-0.2, -0.15) is 0 Å². The first-order valence-electron chi connectivity index (χ1n) is 10.8. The van der Waals surface area contributed by atoms with Gasteiger partial charge in [-0.25, -0.2) is 0 Å². The fraction of sp³-hybridized carbons (Fsp3) is 0.417. The Morgan fingerprint density at radius 2 is 1.72 bits per heavy atom. The number of nitrogens with zero attached hydrogens (tertiary/aromatic N) is 2. The average molecular weight is 458 g/mol. The molecule has 7 nitrogen and oxygen atoms in total. The summed E-state index contributed by atoms with van der Waals surface area (Å²) in [4.78, 5) is 37.6. The summed E-state index contributed by atoms with van der Waals surface area (Å²) in [6.45, 7) is 6.78. The van der Waals surface area contributed by atoms with Crippen molar-refractivity contribution in [1.29, 1.82) is 0 Å². The van der Waals surface area contributed by atoms with Crippen LogP contribution in [0.3, 0.4) is 0 Å². The second-order valence-electron chi connectivity index (χ2n) is 7.74. The van der Waals surface area contributed by atoms with E-state index < -0.39 is 11.0 Å². The summed E-state index contributed by atoms with van der Waals surface area (Å²) >= 11 is 1.43. The van der Waals surface area contributed by atoms with Crippen LogP contribution in [0.2, 0.25) is 0 Å². The van der Waals surface area contributed by atoms with Crippen LogP contribution in [0, 0.1) is 17.0 Å². The van der Waals surface area contributed by atoms with Gasteiger partial charge in [0, 0.05) is 31.0 Å². The number of nitrogens with one attached hydrogen (secondary N) is 1. The summed E-state index contributed by atoms with van der Waals surface area (Å²) in [5, 5.41) is 13.7. The van der Waals surface area contributed by atoms with Crippen LogP contribution >= 0.6 is 11.8 Å². The number of hydrogen-bond donors (Lipinski definition) is 1. The van der Waals surface area contributed by atoms with Crippen molar-refractivity contribution >= 4 is 29.3 Å². The number of aryl methyl sites for hydroxylation is 1. The maximum absolute atomic E-state index is 13.1. The number of thioether (sulfide) groups is 1. The number of nitro groups is 1. The summed E-state index contributed by atoms with van der Waals surface area (Å²) < 4.78 is 0. The number of benzene rings is 2. The number of unbranched alkanes of at least 4 members (excludes halogenated alkanes) is 1. The van der Waals surface area contributed by atoms with E-state index in [1.165, 1.54) is 23.9 Å². The Kier molecular flexibility index (Phi) is 10.2. The summed E-state index contributed by atoms with van der Waals surface area (Å²) in [6.07, 6.45) is 1.88. The van der Waals surface area contributed by atoms with Crippen LogP contribution < -0.4 is 5.32 Å². The highest BCUT2D eigenvalue weighted by Gasteiger charge is 2.25. The first kappa shape index (κ1) is 25.4. The smallest absolute Gasteiger partial charge is 0.269 e. The SMILES string of the molecule is CCCCNC(=O)[C@@H](C)N(Cc1ccc(C)cc1)C(=O)CSCc1ccc([N+](=O)[O-])cc1. The molecule has 0 radical (unpaired) electrons. The fourth-order valence-electron chi connectivity index (χ4n) is 3.06. The standard InChI is InChI=1S/C24H31N3O4S/c1-4-5-14-25-24(29)19(3)26(15-20-8-6-18(2)7-9-20)23(28)17-32-16-21-10-12-22(13-11-21)27(30)31/h6-13,19H,4-5,14-17H2,1-3H3,(H,25,29)/t19-/m1/s1. The van der Waals surface area contributed by atoms with Gasteiger partial charge in [-0.1, -0.05) is 55.3 Å². The van der Waals surface area contributed by atoms with Crippen molar-refractivity contribution in [1.82, 2.24) is 10.2 Å². The Hall–Kier alpha value is -2.87. The Morgan fingerprint density at radius 3 is 2.31 bits per heavy atom. The Morgan fingerprint density at radius 1 is 1.09 bits per heavy atom. The molecule has 0 fully saturated rings. The first-order valence-corrected chi connectivity index (χ1v) is 11.9. The quantitative estimate of drug-likeness (QED) is 0.288. The highest BCUT2D eigenvalue weighted by Crippen LogP contribution is 2.18. The summed E-state index contributed by atoms with van der Waals surface area (Å²) in [5.41, 5.74) is 3.05. The van der Waals surface area contributed by atoms with E-state index >= 15 is 0 Å². The molecule has 0 heterocycles. The number of non-ortho nitro benzene ring substituents is 1. The van der Waals surface area contributed by atoms with Crippen molar-refractivity contribution in [2.24, 2.45) is 0 Å². The van der Waals surface area contributed by atoms with Crippen molar-refractivity contribution in [3.05, 3.63) is 75.3 Å². The zero-order valence-electron chi connectivity index (χ0n) is 18.9. The molecule has 1 atom stereocenters. The summed E-state index contributed by atoms with van der Waals surface area (Å²) in [5.74, 6) is 0.504. The number of amides is 2. The van der Waals surface area contributed by atoms with E-state index in [2.05, 4.69) is 12.2 Å². The predicted octanol–water partition coefficient (Wildman–Crippen LogP) is 4.47. The molecule has 0 saturated heterocycles. The van der Waals surface area contributed by atoms with E-state index in [-0.39, 0.29) is 23.3 Å². The molecule has 0 spiro atoms. The van der Waals surface area contributed by atoms with Crippen LogP contribution in [0.25, 0.3) is 0 Å². The molecule has 8 heteroatoms. The zero-order chi connectivity index (χ0) is 23.5. The topological polar surface area (TPSA) is 92.6 Å². The minimum Gasteiger partial charge on any atom is -0.354 e. The molecule has 32 heavy (non-hydrogen) atoms. The highest BCUT2D eigenvalue weighted by molar-refractivity contribution is 7.99. The van der Waals surface area contributed by atoms with E-state index in [0.717, 1.165) is 29.5 Å².